The summed E-state index contributed by atoms with van der Waals surface area (Å²) in [4.78, 5) is 37.1. The predicted molar refractivity (Wildman–Crippen MR) is 89.4 cm³/mol. The van der Waals surface area contributed by atoms with Crippen molar-refractivity contribution in [3.8, 4) is 0 Å². The maximum absolute atomic E-state index is 12.4. The van der Waals surface area contributed by atoms with Crippen LogP contribution >= 0.6 is 11.3 Å². The average Bonchev–Trinajstić information content (AvgIpc) is 3.27. The molecule has 3 N–H and O–H groups in total. The van der Waals surface area contributed by atoms with Crippen molar-refractivity contribution in [2.75, 3.05) is 0 Å². The zero-order valence-electron chi connectivity index (χ0n) is 13.6. The lowest BCUT2D eigenvalue weighted by atomic mass is 9.79. The summed E-state index contributed by atoms with van der Waals surface area (Å²) >= 11 is 1.52. The Kier molecular flexibility index (Phi) is 4.89. The third-order valence-electron chi connectivity index (χ3n) is 5.22. The number of carbonyl (C=O) groups is 3. The van der Waals surface area contributed by atoms with E-state index in [0.29, 0.717) is 5.56 Å². The second kappa shape index (κ2) is 6.93. The molecule has 1 aromatic heterocycles. The number of hydrogen-bond acceptors (Lipinski definition) is 4. The molecule has 130 valence electrons. The molecular formula is C17H22N2O4S. The van der Waals surface area contributed by atoms with Crippen LogP contribution in [0.3, 0.4) is 0 Å². The van der Waals surface area contributed by atoms with Crippen molar-refractivity contribution in [1.29, 1.82) is 0 Å². The van der Waals surface area contributed by atoms with Gasteiger partial charge in [0, 0.05) is 10.3 Å². The number of carboxylic acid groups (broad SMARTS) is 1. The first-order valence-electron chi connectivity index (χ1n) is 8.41. The summed E-state index contributed by atoms with van der Waals surface area (Å²) in [5.41, 5.74) is 5.38. The molecule has 6 nitrogen and oxygen atoms in total. The summed E-state index contributed by atoms with van der Waals surface area (Å²) in [5.74, 6) is -2.62. The summed E-state index contributed by atoms with van der Waals surface area (Å²) < 4.78 is 0. The van der Waals surface area contributed by atoms with Gasteiger partial charge in [-0.3, -0.25) is 25.2 Å². The number of aliphatic carboxylic acids is 1. The molecule has 24 heavy (non-hydrogen) atoms. The van der Waals surface area contributed by atoms with E-state index in [0.717, 1.165) is 37.0 Å². The van der Waals surface area contributed by atoms with E-state index in [2.05, 4.69) is 17.8 Å². The molecule has 1 aromatic rings. The van der Waals surface area contributed by atoms with Gasteiger partial charge in [0.25, 0.3) is 5.91 Å². The molecule has 2 amide bonds. The van der Waals surface area contributed by atoms with Crippen molar-refractivity contribution >= 4 is 29.1 Å². The zero-order valence-corrected chi connectivity index (χ0v) is 14.4. The molecule has 0 radical (unpaired) electrons. The standard InChI is InChI=1S/C17H22N2O4S/c1-2-3-12-7-11(8-24-12)15(20)18-19-16(21)13-9-4-5-10(6-9)14(13)17(22)23/h7-10,13-14H,2-6H2,1H3,(H,18,20)(H,19,21)(H,22,23)/t9-,10-,13+,14+/m0/s1. The number of nitrogens with one attached hydrogen (secondary N) is 2. The molecule has 2 saturated carbocycles. The summed E-state index contributed by atoms with van der Waals surface area (Å²) in [7, 11) is 0. The minimum absolute atomic E-state index is 0.0902. The Morgan fingerprint density at radius 3 is 2.58 bits per heavy atom. The largest absolute Gasteiger partial charge is 0.481 e. The van der Waals surface area contributed by atoms with Gasteiger partial charge in [0.05, 0.1) is 17.4 Å². The van der Waals surface area contributed by atoms with Crippen LogP contribution in [-0.2, 0) is 16.0 Å². The molecule has 0 aromatic carbocycles. The number of thiophene rings is 1. The molecule has 7 heteroatoms. The molecule has 0 aliphatic heterocycles. The highest BCUT2D eigenvalue weighted by Crippen LogP contribution is 2.52. The maximum Gasteiger partial charge on any atom is 0.307 e. The van der Waals surface area contributed by atoms with Crippen LogP contribution < -0.4 is 10.9 Å². The van der Waals surface area contributed by atoms with Crippen molar-refractivity contribution in [2.24, 2.45) is 23.7 Å². The summed E-state index contributed by atoms with van der Waals surface area (Å²) in [6, 6.07) is 1.83. The number of fused-ring (bicyclic) bond motifs is 2. The number of rotatable bonds is 5. The minimum atomic E-state index is -0.907. The first-order chi connectivity index (χ1) is 11.5. The van der Waals surface area contributed by atoms with Gasteiger partial charge >= 0.3 is 5.97 Å². The number of hydrogen-bond donors (Lipinski definition) is 3. The number of carbonyl (C=O) groups excluding carboxylic acids is 2. The van der Waals surface area contributed by atoms with E-state index in [1.165, 1.54) is 11.3 Å². The van der Waals surface area contributed by atoms with Gasteiger partial charge in [-0.25, -0.2) is 0 Å². The molecule has 2 aliphatic carbocycles. The van der Waals surface area contributed by atoms with Crippen LogP contribution in [0.25, 0.3) is 0 Å². The third-order valence-corrected chi connectivity index (χ3v) is 6.21. The number of carboxylic acids is 1. The Labute approximate surface area is 144 Å². The van der Waals surface area contributed by atoms with Gasteiger partial charge in [0.15, 0.2) is 0 Å². The van der Waals surface area contributed by atoms with Gasteiger partial charge in [-0.05, 0) is 43.6 Å². The fraction of sp³-hybridized carbons (Fsp3) is 0.588. The van der Waals surface area contributed by atoms with E-state index in [4.69, 9.17) is 0 Å². The second-order valence-electron chi connectivity index (χ2n) is 6.72. The molecule has 1 heterocycles. The van der Waals surface area contributed by atoms with Crippen LogP contribution in [0.2, 0.25) is 0 Å². The van der Waals surface area contributed by atoms with Gasteiger partial charge < -0.3 is 5.11 Å². The van der Waals surface area contributed by atoms with Crippen LogP contribution in [0.15, 0.2) is 11.4 Å². The lowest BCUT2D eigenvalue weighted by Crippen LogP contribution is -2.48. The molecule has 2 bridgehead atoms. The monoisotopic (exact) mass is 350 g/mol. The van der Waals surface area contributed by atoms with Crippen molar-refractivity contribution in [3.05, 3.63) is 21.9 Å². The average molecular weight is 350 g/mol. The summed E-state index contributed by atoms with van der Waals surface area (Å²) in [5, 5.41) is 11.2. The highest BCUT2D eigenvalue weighted by Gasteiger charge is 2.54. The first kappa shape index (κ1) is 17.0. The van der Waals surface area contributed by atoms with Gasteiger partial charge in [-0.2, -0.15) is 0 Å². The SMILES string of the molecule is CCCc1cc(C(=O)NNC(=O)[C@@H]2[C@H]3CC[C@@H](C3)[C@H]2C(=O)O)cs1. The van der Waals surface area contributed by atoms with Crippen molar-refractivity contribution in [2.45, 2.75) is 39.0 Å². The predicted octanol–water partition coefficient (Wildman–Crippen LogP) is 2.21. The van der Waals surface area contributed by atoms with E-state index in [9.17, 15) is 19.5 Å². The molecule has 4 atom stereocenters. The molecule has 0 unspecified atom stereocenters. The first-order valence-corrected chi connectivity index (χ1v) is 9.29. The van der Waals surface area contributed by atoms with E-state index in [1.54, 1.807) is 5.38 Å². The van der Waals surface area contributed by atoms with Crippen LogP contribution in [0, 0.1) is 23.7 Å². The van der Waals surface area contributed by atoms with Crippen LogP contribution in [-0.4, -0.2) is 22.9 Å². The lowest BCUT2D eigenvalue weighted by Gasteiger charge is -2.26. The number of amides is 2. The molecule has 2 fully saturated rings. The van der Waals surface area contributed by atoms with Gasteiger partial charge in [-0.1, -0.05) is 13.3 Å². The highest BCUT2D eigenvalue weighted by atomic mass is 32.1. The van der Waals surface area contributed by atoms with Crippen LogP contribution in [0.4, 0.5) is 0 Å². The van der Waals surface area contributed by atoms with Gasteiger partial charge in [0.2, 0.25) is 5.91 Å². The van der Waals surface area contributed by atoms with Crippen molar-refractivity contribution in [3.63, 3.8) is 0 Å². The topological polar surface area (TPSA) is 95.5 Å². The van der Waals surface area contributed by atoms with Crippen LogP contribution in [0.1, 0.15) is 47.8 Å². The highest BCUT2D eigenvalue weighted by molar-refractivity contribution is 7.10. The summed E-state index contributed by atoms with van der Waals surface area (Å²) in [6.45, 7) is 2.08. The van der Waals surface area contributed by atoms with Gasteiger partial charge in [-0.15, -0.1) is 11.3 Å². The van der Waals surface area contributed by atoms with Crippen molar-refractivity contribution in [1.82, 2.24) is 10.9 Å². The fourth-order valence-electron chi connectivity index (χ4n) is 4.17. The minimum Gasteiger partial charge on any atom is -0.481 e. The Morgan fingerprint density at radius 1 is 1.21 bits per heavy atom. The molecule has 0 saturated heterocycles. The maximum atomic E-state index is 12.4. The quantitative estimate of drug-likeness (QED) is 0.710. The molecule has 0 spiro atoms. The van der Waals surface area contributed by atoms with Crippen molar-refractivity contribution < 1.29 is 19.5 Å². The molecular weight excluding hydrogens is 328 g/mol. The molecule has 3 rings (SSSR count). The normalized spacial score (nSPS) is 27.9. The Hall–Kier alpha value is -1.89. The Bertz CT molecular complexity index is 657. The zero-order chi connectivity index (χ0) is 17.3. The number of aryl methyl sites for hydroxylation is 1. The second-order valence-corrected chi connectivity index (χ2v) is 7.71. The molecule has 2 aliphatic rings. The lowest BCUT2D eigenvalue weighted by molar-refractivity contribution is -0.149. The van der Waals surface area contributed by atoms with Gasteiger partial charge in [0.1, 0.15) is 0 Å². The Morgan fingerprint density at radius 2 is 1.92 bits per heavy atom. The van der Waals surface area contributed by atoms with E-state index in [1.807, 2.05) is 6.07 Å². The fourth-order valence-corrected chi connectivity index (χ4v) is 5.15. The van der Waals surface area contributed by atoms with E-state index < -0.39 is 17.8 Å². The Balaban J connectivity index is 1.58. The van der Waals surface area contributed by atoms with E-state index >= 15 is 0 Å². The van der Waals surface area contributed by atoms with Crippen LogP contribution in [0.5, 0.6) is 0 Å². The third kappa shape index (κ3) is 3.17. The smallest absolute Gasteiger partial charge is 0.307 e. The van der Waals surface area contributed by atoms with E-state index in [-0.39, 0.29) is 23.7 Å². The number of hydrazine groups is 1. The summed E-state index contributed by atoms with van der Waals surface area (Å²) in [6.07, 6.45) is 4.51.